The van der Waals surface area contributed by atoms with Crippen LogP contribution < -0.4 is 5.32 Å². The summed E-state index contributed by atoms with van der Waals surface area (Å²) < 4.78 is 26.1. The molecule has 0 bridgehead atoms. The summed E-state index contributed by atoms with van der Waals surface area (Å²) in [6, 6.07) is 4.04. The molecule has 3 heteroatoms. The first-order valence-electron chi connectivity index (χ1n) is 6.78. The van der Waals surface area contributed by atoms with Gasteiger partial charge >= 0.3 is 0 Å². The van der Waals surface area contributed by atoms with E-state index in [1.165, 1.54) is 31.4 Å². The van der Waals surface area contributed by atoms with Gasteiger partial charge in [0.05, 0.1) is 0 Å². The number of hydrogen-bond acceptors (Lipinski definition) is 1. The molecule has 1 rings (SSSR count). The van der Waals surface area contributed by atoms with Crippen molar-refractivity contribution in [2.75, 3.05) is 7.05 Å². The van der Waals surface area contributed by atoms with Crippen LogP contribution in [0.25, 0.3) is 0 Å². The minimum atomic E-state index is -0.495. The second-order valence-corrected chi connectivity index (χ2v) is 4.82. The number of rotatable bonds is 8. The Morgan fingerprint density at radius 2 is 1.72 bits per heavy atom. The second-order valence-electron chi connectivity index (χ2n) is 4.82. The zero-order valence-corrected chi connectivity index (χ0v) is 11.3. The van der Waals surface area contributed by atoms with Gasteiger partial charge in [0.15, 0.2) is 0 Å². The van der Waals surface area contributed by atoms with Gasteiger partial charge in [0.25, 0.3) is 0 Å². The molecule has 0 saturated heterocycles. The van der Waals surface area contributed by atoms with E-state index in [0.717, 1.165) is 24.5 Å². The van der Waals surface area contributed by atoms with Gasteiger partial charge in [-0.25, -0.2) is 8.78 Å². The zero-order chi connectivity index (χ0) is 13.4. The lowest BCUT2D eigenvalue weighted by Gasteiger charge is -2.16. The van der Waals surface area contributed by atoms with Crippen molar-refractivity contribution in [3.63, 3.8) is 0 Å². The number of nitrogens with one attached hydrogen (secondary N) is 1. The van der Waals surface area contributed by atoms with Crippen molar-refractivity contribution in [2.45, 2.75) is 51.5 Å². The van der Waals surface area contributed by atoms with E-state index in [1.807, 2.05) is 7.05 Å². The molecule has 0 aliphatic heterocycles. The molecular weight excluding hydrogens is 232 g/mol. The molecule has 1 nitrogen and oxygen atoms in total. The Labute approximate surface area is 109 Å². The highest BCUT2D eigenvalue weighted by atomic mass is 19.1. The zero-order valence-electron chi connectivity index (χ0n) is 11.3. The van der Waals surface area contributed by atoms with Crippen molar-refractivity contribution in [2.24, 2.45) is 0 Å². The van der Waals surface area contributed by atoms with Gasteiger partial charge in [0.1, 0.15) is 11.6 Å². The van der Waals surface area contributed by atoms with Crippen LogP contribution in [0.4, 0.5) is 8.78 Å². The van der Waals surface area contributed by atoms with E-state index in [1.54, 1.807) is 0 Å². The van der Waals surface area contributed by atoms with Crippen LogP contribution in [-0.2, 0) is 6.42 Å². The Balaban J connectivity index is 2.46. The van der Waals surface area contributed by atoms with E-state index in [9.17, 15) is 8.78 Å². The molecule has 102 valence electrons. The van der Waals surface area contributed by atoms with Crippen LogP contribution in [0.2, 0.25) is 0 Å². The second kappa shape index (κ2) is 8.20. The lowest BCUT2D eigenvalue weighted by atomic mass is 10.00. The maximum atomic E-state index is 13.1. The van der Waals surface area contributed by atoms with Crippen LogP contribution in [0.15, 0.2) is 18.2 Å². The molecule has 1 aromatic rings. The molecule has 0 spiro atoms. The van der Waals surface area contributed by atoms with Crippen LogP contribution in [-0.4, -0.2) is 13.1 Å². The molecule has 0 saturated carbocycles. The Morgan fingerprint density at radius 3 is 2.28 bits per heavy atom. The van der Waals surface area contributed by atoms with Gasteiger partial charge in [0, 0.05) is 12.1 Å². The SMILES string of the molecule is CCCCCCC(Cc1cc(F)cc(F)c1)NC. The average molecular weight is 255 g/mol. The van der Waals surface area contributed by atoms with E-state index < -0.39 is 11.6 Å². The van der Waals surface area contributed by atoms with Gasteiger partial charge in [-0.1, -0.05) is 32.6 Å². The Morgan fingerprint density at radius 1 is 1.06 bits per heavy atom. The van der Waals surface area contributed by atoms with Gasteiger partial charge in [-0.15, -0.1) is 0 Å². The molecule has 0 aliphatic carbocycles. The fourth-order valence-corrected chi connectivity index (χ4v) is 2.18. The molecule has 0 aromatic heterocycles. The Hall–Kier alpha value is -0.960. The van der Waals surface area contributed by atoms with E-state index in [2.05, 4.69) is 12.2 Å². The maximum Gasteiger partial charge on any atom is 0.126 e. The van der Waals surface area contributed by atoms with Gasteiger partial charge in [-0.3, -0.25) is 0 Å². The smallest absolute Gasteiger partial charge is 0.126 e. The summed E-state index contributed by atoms with van der Waals surface area (Å²) in [6.07, 6.45) is 6.60. The lowest BCUT2D eigenvalue weighted by Crippen LogP contribution is -2.27. The van der Waals surface area contributed by atoms with Gasteiger partial charge in [-0.05, 0) is 37.6 Å². The van der Waals surface area contributed by atoms with E-state index in [4.69, 9.17) is 0 Å². The third kappa shape index (κ3) is 5.58. The van der Waals surface area contributed by atoms with E-state index >= 15 is 0 Å². The monoisotopic (exact) mass is 255 g/mol. The predicted molar refractivity (Wildman–Crippen MR) is 71.7 cm³/mol. The molecule has 0 radical (unpaired) electrons. The van der Waals surface area contributed by atoms with Crippen LogP contribution in [0.1, 0.15) is 44.6 Å². The molecule has 1 aromatic carbocycles. The van der Waals surface area contributed by atoms with Crippen molar-refractivity contribution in [3.8, 4) is 0 Å². The largest absolute Gasteiger partial charge is 0.317 e. The Bertz CT molecular complexity index is 332. The summed E-state index contributed by atoms with van der Waals surface area (Å²) in [5.74, 6) is -0.989. The first kappa shape index (κ1) is 15.1. The van der Waals surface area contributed by atoms with Crippen LogP contribution in [0, 0.1) is 11.6 Å². The van der Waals surface area contributed by atoms with Crippen LogP contribution >= 0.6 is 0 Å². The van der Waals surface area contributed by atoms with Gasteiger partial charge in [-0.2, -0.15) is 0 Å². The third-order valence-corrected chi connectivity index (χ3v) is 3.22. The normalized spacial score (nSPS) is 12.7. The predicted octanol–water partition coefficient (Wildman–Crippen LogP) is 4.07. The molecule has 18 heavy (non-hydrogen) atoms. The fourth-order valence-electron chi connectivity index (χ4n) is 2.18. The highest BCUT2D eigenvalue weighted by Gasteiger charge is 2.09. The fraction of sp³-hybridized carbons (Fsp3) is 0.600. The maximum absolute atomic E-state index is 13.1. The summed E-state index contributed by atoms with van der Waals surface area (Å²) in [4.78, 5) is 0. The minimum absolute atomic E-state index is 0.294. The first-order valence-corrected chi connectivity index (χ1v) is 6.78. The van der Waals surface area contributed by atoms with Gasteiger partial charge < -0.3 is 5.32 Å². The number of likely N-dealkylation sites (N-methyl/N-ethyl adjacent to an activating group) is 1. The molecule has 0 aliphatic rings. The topological polar surface area (TPSA) is 12.0 Å². The number of unbranched alkanes of at least 4 members (excludes halogenated alkanes) is 3. The van der Waals surface area contributed by atoms with Crippen LogP contribution in [0.5, 0.6) is 0 Å². The van der Waals surface area contributed by atoms with E-state index in [0.29, 0.717) is 12.5 Å². The van der Waals surface area contributed by atoms with Gasteiger partial charge in [0.2, 0.25) is 0 Å². The third-order valence-electron chi connectivity index (χ3n) is 3.22. The molecule has 0 amide bonds. The number of benzene rings is 1. The summed E-state index contributed by atoms with van der Waals surface area (Å²) >= 11 is 0. The molecule has 0 fully saturated rings. The quantitative estimate of drug-likeness (QED) is 0.691. The summed E-state index contributed by atoms with van der Waals surface area (Å²) in [6.45, 7) is 2.19. The van der Waals surface area contributed by atoms with Crippen molar-refractivity contribution in [1.82, 2.24) is 5.32 Å². The molecule has 1 unspecified atom stereocenters. The first-order chi connectivity index (χ1) is 8.65. The number of hydrogen-bond donors (Lipinski definition) is 1. The summed E-state index contributed by atoms with van der Waals surface area (Å²) in [5, 5.41) is 3.22. The average Bonchev–Trinajstić information content (AvgIpc) is 2.32. The number of halogens is 2. The van der Waals surface area contributed by atoms with Crippen molar-refractivity contribution in [1.29, 1.82) is 0 Å². The van der Waals surface area contributed by atoms with Crippen molar-refractivity contribution >= 4 is 0 Å². The van der Waals surface area contributed by atoms with Crippen LogP contribution in [0.3, 0.4) is 0 Å². The summed E-state index contributed by atoms with van der Waals surface area (Å²) in [7, 11) is 1.90. The van der Waals surface area contributed by atoms with Crippen molar-refractivity contribution < 1.29 is 8.78 Å². The Kier molecular flexibility index (Phi) is 6.88. The van der Waals surface area contributed by atoms with E-state index in [-0.39, 0.29) is 0 Å². The van der Waals surface area contributed by atoms with Crippen molar-refractivity contribution in [3.05, 3.63) is 35.4 Å². The molecule has 0 heterocycles. The molecular formula is C15H23F2N. The lowest BCUT2D eigenvalue weighted by molar-refractivity contribution is 0.482. The molecule has 1 N–H and O–H groups in total. The highest BCUT2D eigenvalue weighted by molar-refractivity contribution is 5.18. The summed E-state index contributed by atoms with van der Waals surface area (Å²) in [5.41, 5.74) is 0.724. The highest BCUT2D eigenvalue weighted by Crippen LogP contribution is 2.13. The minimum Gasteiger partial charge on any atom is -0.317 e. The standard InChI is InChI=1S/C15H23F2N/c1-3-4-5-6-7-15(18-2)10-12-8-13(16)11-14(17)9-12/h8-9,11,15,18H,3-7,10H2,1-2H3. The molecule has 1 atom stereocenters.